The zero-order valence-electron chi connectivity index (χ0n) is 15.0. The lowest BCUT2D eigenvalue weighted by Crippen LogP contribution is -2.48. The maximum Gasteiger partial charge on any atom is 0.258 e. The van der Waals surface area contributed by atoms with Gasteiger partial charge < -0.3 is 10.1 Å². The van der Waals surface area contributed by atoms with Crippen LogP contribution in [0.4, 0.5) is 0 Å². The van der Waals surface area contributed by atoms with Crippen LogP contribution in [-0.4, -0.2) is 18.6 Å². The quantitative estimate of drug-likeness (QED) is 0.911. The molecule has 3 atom stereocenters. The molecule has 2 aliphatic rings. The van der Waals surface area contributed by atoms with Gasteiger partial charge in [-0.25, -0.2) is 0 Å². The molecule has 2 aliphatic carbocycles. The largest absolute Gasteiger partial charge is 0.483 e. The highest BCUT2D eigenvalue weighted by molar-refractivity contribution is 5.78. The zero-order chi connectivity index (χ0) is 16.8. The SMILES string of the molecule is Cc1ccc(C)c(OCC(=O)NC2CC3CCC2(C)C3(C)C)c1. The van der Waals surface area contributed by atoms with E-state index in [1.54, 1.807) is 0 Å². The van der Waals surface area contributed by atoms with E-state index in [9.17, 15) is 4.79 Å². The molecule has 1 aromatic rings. The van der Waals surface area contributed by atoms with Gasteiger partial charge in [0.15, 0.2) is 6.61 Å². The smallest absolute Gasteiger partial charge is 0.258 e. The van der Waals surface area contributed by atoms with Gasteiger partial charge in [0.25, 0.3) is 5.91 Å². The molecule has 0 aliphatic heterocycles. The number of hydrogen-bond donors (Lipinski definition) is 1. The Morgan fingerprint density at radius 1 is 1.30 bits per heavy atom. The Labute approximate surface area is 139 Å². The van der Waals surface area contributed by atoms with Crippen molar-refractivity contribution in [2.75, 3.05) is 6.61 Å². The third kappa shape index (κ3) is 2.64. The number of rotatable bonds is 4. The lowest BCUT2D eigenvalue weighted by molar-refractivity contribution is -0.124. The third-order valence-corrected chi connectivity index (χ3v) is 6.83. The Morgan fingerprint density at radius 2 is 2.04 bits per heavy atom. The molecule has 0 heterocycles. The first-order valence-electron chi connectivity index (χ1n) is 8.73. The second kappa shape index (κ2) is 5.54. The number of fused-ring (bicyclic) bond motifs is 2. The average Bonchev–Trinajstić information content (AvgIpc) is 2.81. The van der Waals surface area contributed by atoms with Crippen LogP contribution in [0.3, 0.4) is 0 Å². The van der Waals surface area contributed by atoms with Crippen molar-refractivity contribution in [3.05, 3.63) is 29.3 Å². The van der Waals surface area contributed by atoms with Gasteiger partial charge in [-0.15, -0.1) is 0 Å². The summed E-state index contributed by atoms with van der Waals surface area (Å²) in [7, 11) is 0. The molecular formula is C20H29NO2. The van der Waals surface area contributed by atoms with Crippen LogP contribution >= 0.6 is 0 Å². The normalized spacial score (nSPS) is 31.2. The molecule has 2 saturated carbocycles. The van der Waals surface area contributed by atoms with Gasteiger partial charge in [-0.1, -0.05) is 32.9 Å². The molecule has 3 rings (SSSR count). The zero-order valence-corrected chi connectivity index (χ0v) is 15.0. The number of amides is 1. The summed E-state index contributed by atoms with van der Waals surface area (Å²) in [5, 5.41) is 3.25. The summed E-state index contributed by atoms with van der Waals surface area (Å²) in [6.45, 7) is 11.2. The monoisotopic (exact) mass is 315 g/mol. The van der Waals surface area contributed by atoms with E-state index in [1.165, 1.54) is 12.8 Å². The van der Waals surface area contributed by atoms with Crippen LogP contribution in [0.1, 0.15) is 51.2 Å². The average molecular weight is 315 g/mol. The highest BCUT2D eigenvalue weighted by Gasteiger charge is 2.61. The van der Waals surface area contributed by atoms with E-state index >= 15 is 0 Å². The maximum atomic E-state index is 12.4. The topological polar surface area (TPSA) is 38.3 Å². The highest BCUT2D eigenvalue weighted by Crippen LogP contribution is 2.65. The highest BCUT2D eigenvalue weighted by atomic mass is 16.5. The fourth-order valence-electron chi connectivity index (χ4n) is 4.66. The van der Waals surface area contributed by atoms with Crippen molar-refractivity contribution in [2.45, 2.75) is 59.9 Å². The number of hydrogen-bond acceptors (Lipinski definition) is 2. The predicted octanol–water partition coefficient (Wildman–Crippen LogP) is 4.01. The lowest BCUT2D eigenvalue weighted by Gasteiger charge is -2.39. The van der Waals surface area contributed by atoms with E-state index < -0.39 is 0 Å². The minimum Gasteiger partial charge on any atom is -0.483 e. The first-order chi connectivity index (χ1) is 10.7. The van der Waals surface area contributed by atoms with Crippen LogP contribution < -0.4 is 10.1 Å². The number of aryl methyl sites for hydroxylation is 2. The first-order valence-corrected chi connectivity index (χ1v) is 8.73. The van der Waals surface area contributed by atoms with Crippen LogP contribution in [0.5, 0.6) is 5.75 Å². The van der Waals surface area contributed by atoms with Crippen LogP contribution in [0, 0.1) is 30.6 Å². The molecule has 3 nitrogen and oxygen atoms in total. The van der Waals surface area contributed by atoms with E-state index in [-0.39, 0.29) is 24.0 Å². The van der Waals surface area contributed by atoms with Gasteiger partial charge in [-0.3, -0.25) is 4.79 Å². The van der Waals surface area contributed by atoms with Gasteiger partial charge in [-0.05, 0) is 67.1 Å². The lowest BCUT2D eigenvalue weighted by atomic mass is 9.69. The van der Waals surface area contributed by atoms with Crippen LogP contribution in [-0.2, 0) is 4.79 Å². The molecule has 0 saturated heterocycles. The number of carbonyl (C=O) groups is 1. The molecule has 2 fully saturated rings. The van der Waals surface area contributed by atoms with Gasteiger partial charge >= 0.3 is 0 Å². The third-order valence-electron chi connectivity index (χ3n) is 6.83. The van der Waals surface area contributed by atoms with E-state index in [2.05, 4.69) is 32.2 Å². The Bertz CT molecular complexity index is 622. The Kier molecular flexibility index (Phi) is 3.94. The van der Waals surface area contributed by atoms with Gasteiger partial charge in [0.05, 0.1) is 0 Å². The summed E-state index contributed by atoms with van der Waals surface area (Å²) >= 11 is 0. The van der Waals surface area contributed by atoms with Crippen molar-refractivity contribution >= 4 is 5.91 Å². The molecular weight excluding hydrogens is 286 g/mol. The van der Waals surface area contributed by atoms with E-state index in [0.717, 1.165) is 29.2 Å². The second-order valence-corrected chi connectivity index (χ2v) is 8.29. The van der Waals surface area contributed by atoms with E-state index in [4.69, 9.17) is 4.74 Å². The van der Waals surface area contributed by atoms with Crippen molar-refractivity contribution in [1.29, 1.82) is 0 Å². The summed E-state index contributed by atoms with van der Waals surface area (Å²) in [6.07, 6.45) is 3.63. The maximum absolute atomic E-state index is 12.4. The molecule has 1 amide bonds. The fraction of sp³-hybridized carbons (Fsp3) is 0.650. The molecule has 23 heavy (non-hydrogen) atoms. The second-order valence-electron chi connectivity index (χ2n) is 8.29. The van der Waals surface area contributed by atoms with Crippen molar-refractivity contribution in [3.63, 3.8) is 0 Å². The fourth-order valence-corrected chi connectivity index (χ4v) is 4.66. The molecule has 126 valence electrons. The predicted molar refractivity (Wildman–Crippen MR) is 92.6 cm³/mol. The molecule has 1 N–H and O–H groups in total. The molecule has 2 bridgehead atoms. The minimum absolute atomic E-state index is 0.000445. The van der Waals surface area contributed by atoms with Crippen molar-refractivity contribution in [2.24, 2.45) is 16.7 Å². The molecule has 3 heteroatoms. The van der Waals surface area contributed by atoms with E-state index in [1.807, 2.05) is 26.0 Å². The number of carbonyl (C=O) groups excluding carboxylic acids is 1. The van der Waals surface area contributed by atoms with Gasteiger partial charge in [-0.2, -0.15) is 0 Å². The number of benzene rings is 1. The van der Waals surface area contributed by atoms with Gasteiger partial charge in [0.1, 0.15) is 5.75 Å². The van der Waals surface area contributed by atoms with E-state index in [0.29, 0.717) is 5.41 Å². The number of nitrogens with one attached hydrogen (secondary N) is 1. The Hall–Kier alpha value is -1.51. The summed E-state index contributed by atoms with van der Waals surface area (Å²) < 4.78 is 5.74. The molecule has 3 unspecified atom stereocenters. The summed E-state index contributed by atoms with van der Waals surface area (Å²) in [4.78, 5) is 12.4. The Morgan fingerprint density at radius 3 is 2.65 bits per heavy atom. The Balaban J connectivity index is 1.60. The van der Waals surface area contributed by atoms with Gasteiger partial charge in [0.2, 0.25) is 0 Å². The minimum atomic E-state index is 0.000445. The molecule has 0 spiro atoms. The summed E-state index contributed by atoms with van der Waals surface area (Å²) in [5.41, 5.74) is 2.75. The van der Waals surface area contributed by atoms with Gasteiger partial charge in [0, 0.05) is 6.04 Å². The standard InChI is InChI=1S/C20H29NO2/c1-13-6-7-14(2)16(10-13)23-12-18(22)21-17-11-15-8-9-20(17,5)19(15,3)4/h6-7,10,15,17H,8-9,11-12H2,1-5H3,(H,21,22). The van der Waals surface area contributed by atoms with Crippen LogP contribution in [0.2, 0.25) is 0 Å². The van der Waals surface area contributed by atoms with Crippen molar-refractivity contribution in [3.8, 4) is 5.75 Å². The summed E-state index contributed by atoms with van der Waals surface area (Å²) in [5.74, 6) is 1.54. The molecule has 1 aromatic carbocycles. The van der Waals surface area contributed by atoms with Crippen LogP contribution in [0.15, 0.2) is 18.2 Å². The number of ether oxygens (including phenoxy) is 1. The first kappa shape index (κ1) is 16.4. The summed E-state index contributed by atoms with van der Waals surface area (Å²) in [6, 6.07) is 6.36. The van der Waals surface area contributed by atoms with Crippen molar-refractivity contribution < 1.29 is 9.53 Å². The van der Waals surface area contributed by atoms with Crippen molar-refractivity contribution in [1.82, 2.24) is 5.32 Å². The van der Waals surface area contributed by atoms with Crippen LogP contribution in [0.25, 0.3) is 0 Å². The molecule has 0 aromatic heterocycles. The molecule has 0 radical (unpaired) electrons.